The molecule has 2 aromatic carbocycles. The van der Waals surface area contributed by atoms with Crippen LogP contribution < -0.4 is 9.47 Å². The molecule has 0 atom stereocenters. The number of methoxy groups -OCH3 is 1. The van der Waals surface area contributed by atoms with Gasteiger partial charge in [-0.25, -0.2) is 4.39 Å². The Labute approximate surface area is 117 Å². The molecule has 0 aromatic heterocycles. The van der Waals surface area contributed by atoms with Crippen LogP contribution >= 0.6 is 0 Å². The molecule has 4 heteroatoms. The Morgan fingerprint density at radius 2 is 1.85 bits per heavy atom. The number of hydrogen-bond donors (Lipinski definition) is 0. The molecule has 3 nitrogen and oxygen atoms in total. The van der Waals surface area contributed by atoms with E-state index in [4.69, 9.17) is 9.47 Å². The molecule has 0 heterocycles. The second-order valence-electron chi connectivity index (χ2n) is 4.11. The lowest BCUT2D eigenvalue weighted by molar-refractivity contribution is 0.103. The van der Waals surface area contributed by atoms with Gasteiger partial charge in [0.25, 0.3) is 0 Å². The number of ether oxygens (including phenoxy) is 2. The third-order valence-corrected chi connectivity index (χ3v) is 2.86. The summed E-state index contributed by atoms with van der Waals surface area (Å²) >= 11 is 0. The molecule has 0 amide bonds. The van der Waals surface area contributed by atoms with E-state index in [0.717, 1.165) is 0 Å². The van der Waals surface area contributed by atoms with Crippen LogP contribution in [0.25, 0.3) is 0 Å². The molecule has 0 N–H and O–H groups in total. The summed E-state index contributed by atoms with van der Waals surface area (Å²) in [6, 6.07) is 11.1. The molecule has 0 saturated carbocycles. The number of benzene rings is 2. The van der Waals surface area contributed by atoms with Crippen LogP contribution in [0.4, 0.5) is 4.39 Å². The fourth-order valence-electron chi connectivity index (χ4n) is 1.87. The summed E-state index contributed by atoms with van der Waals surface area (Å²) in [5.74, 6) is -0.296. The highest BCUT2D eigenvalue weighted by atomic mass is 19.1. The molecule has 0 aliphatic carbocycles. The lowest BCUT2D eigenvalue weighted by Crippen LogP contribution is -2.05. The largest absolute Gasteiger partial charge is 0.494 e. The van der Waals surface area contributed by atoms with Crippen molar-refractivity contribution in [2.24, 2.45) is 0 Å². The first-order chi connectivity index (χ1) is 9.67. The van der Waals surface area contributed by atoms with Gasteiger partial charge in [0.05, 0.1) is 19.3 Å². The zero-order valence-electron chi connectivity index (χ0n) is 11.4. The van der Waals surface area contributed by atoms with Crippen molar-refractivity contribution in [2.45, 2.75) is 6.92 Å². The summed E-state index contributed by atoms with van der Waals surface area (Å²) in [6.45, 7) is 2.43. The van der Waals surface area contributed by atoms with Crippen molar-refractivity contribution in [2.75, 3.05) is 13.7 Å². The smallest absolute Gasteiger partial charge is 0.196 e. The van der Waals surface area contributed by atoms with Crippen molar-refractivity contribution in [1.29, 1.82) is 0 Å². The average Bonchev–Trinajstić information content (AvgIpc) is 2.48. The standard InChI is InChI=1S/C16H15FO3/c1-3-20-12-9-7-11(8-10-12)16(18)13-5-4-6-14(19-2)15(13)17/h4-10H,3H2,1-2H3. The van der Waals surface area contributed by atoms with Crippen LogP contribution in [0, 0.1) is 5.82 Å². The first-order valence-corrected chi connectivity index (χ1v) is 6.27. The number of carbonyl (C=O) groups excluding carboxylic acids is 1. The molecule has 2 aromatic rings. The maximum atomic E-state index is 14.0. The van der Waals surface area contributed by atoms with Crippen LogP contribution in [0.3, 0.4) is 0 Å². The van der Waals surface area contributed by atoms with Gasteiger partial charge < -0.3 is 9.47 Å². The number of hydrogen-bond acceptors (Lipinski definition) is 3. The van der Waals surface area contributed by atoms with Gasteiger partial charge in [0.1, 0.15) is 5.75 Å². The lowest BCUT2D eigenvalue weighted by Gasteiger charge is -2.07. The van der Waals surface area contributed by atoms with Crippen LogP contribution in [0.1, 0.15) is 22.8 Å². The van der Waals surface area contributed by atoms with Gasteiger partial charge in [-0.3, -0.25) is 4.79 Å². The number of carbonyl (C=O) groups is 1. The van der Waals surface area contributed by atoms with Crippen molar-refractivity contribution < 1.29 is 18.7 Å². The molecule has 20 heavy (non-hydrogen) atoms. The highest BCUT2D eigenvalue weighted by Gasteiger charge is 2.17. The Bertz CT molecular complexity index is 606. The monoisotopic (exact) mass is 274 g/mol. The van der Waals surface area contributed by atoms with E-state index in [1.54, 1.807) is 30.3 Å². The zero-order valence-corrected chi connectivity index (χ0v) is 11.4. The van der Waals surface area contributed by atoms with Crippen molar-refractivity contribution in [3.8, 4) is 11.5 Å². The Morgan fingerprint density at radius 3 is 2.45 bits per heavy atom. The van der Waals surface area contributed by atoms with Crippen LogP contribution in [0.2, 0.25) is 0 Å². The van der Waals surface area contributed by atoms with Gasteiger partial charge in [0.2, 0.25) is 0 Å². The second kappa shape index (κ2) is 6.19. The first-order valence-electron chi connectivity index (χ1n) is 6.27. The number of ketones is 1. The molecular formula is C16H15FO3. The minimum absolute atomic E-state index is 0.00601. The van der Waals surface area contributed by atoms with Crippen LogP contribution in [0.15, 0.2) is 42.5 Å². The molecule has 0 fully saturated rings. The topological polar surface area (TPSA) is 35.5 Å². The minimum atomic E-state index is -0.645. The van der Waals surface area contributed by atoms with Crippen LogP contribution in [0.5, 0.6) is 11.5 Å². The van der Waals surface area contributed by atoms with Crippen LogP contribution in [-0.4, -0.2) is 19.5 Å². The van der Waals surface area contributed by atoms with Gasteiger partial charge in [-0.2, -0.15) is 0 Å². The van der Waals surface area contributed by atoms with E-state index in [0.29, 0.717) is 17.9 Å². The predicted octanol–water partition coefficient (Wildman–Crippen LogP) is 3.46. The summed E-state index contributed by atoms with van der Waals surface area (Å²) in [5, 5.41) is 0. The van der Waals surface area contributed by atoms with E-state index in [1.807, 2.05) is 6.92 Å². The molecule has 0 spiro atoms. The minimum Gasteiger partial charge on any atom is -0.494 e. The highest BCUT2D eigenvalue weighted by Crippen LogP contribution is 2.23. The van der Waals surface area contributed by atoms with Crippen molar-refractivity contribution in [3.63, 3.8) is 0 Å². The van der Waals surface area contributed by atoms with Gasteiger partial charge in [0.15, 0.2) is 17.3 Å². The molecule has 0 unspecified atom stereocenters. The third kappa shape index (κ3) is 2.79. The Balaban J connectivity index is 2.31. The molecule has 104 valence electrons. The van der Waals surface area contributed by atoms with E-state index in [2.05, 4.69) is 0 Å². The molecule has 2 rings (SSSR count). The number of halogens is 1. The van der Waals surface area contributed by atoms with E-state index < -0.39 is 5.82 Å². The van der Waals surface area contributed by atoms with E-state index in [1.165, 1.54) is 19.2 Å². The fraction of sp³-hybridized carbons (Fsp3) is 0.188. The lowest BCUT2D eigenvalue weighted by atomic mass is 10.0. The van der Waals surface area contributed by atoms with Crippen molar-refractivity contribution in [1.82, 2.24) is 0 Å². The SMILES string of the molecule is CCOc1ccc(C(=O)c2cccc(OC)c2F)cc1. The van der Waals surface area contributed by atoms with Crippen molar-refractivity contribution in [3.05, 3.63) is 59.4 Å². The zero-order chi connectivity index (χ0) is 14.5. The molecule has 0 saturated heterocycles. The normalized spacial score (nSPS) is 10.2. The molecular weight excluding hydrogens is 259 g/mol. The van der Waals surface area contributed by atoms with Crippen molar-refractivity contribution >= 4 is 5.78 Å². The fourth-order valence-corrected chi connectivity index (χ4v) is 1.87. The predicted molar refractivity (Wildman–Crippen MR) is 74.0 cm³/mol. The Kier molecular flexibility index (Phi) is 4.35. The van der Waals surface area contributed by atoms with Gasteiger partial charge >= 0.3 is 0 Å². The highest BCUT2D eigenvalue weighted by molar-refractivity contribution is 6.09. The summed E-state index contributed by atoms with van der Waals surface area (Å²) in [4.78, 5) is 12.3. The molecule has 0 bridgehead atoms. The van der Waals surface area contributed by atoms with Gasteiger partial charge in [-0.1, -0.05) is 6.07 Å². The molecule has 0 aliphatic rings. The summed E-state index contributed by atoms with van der Waals surface area (Å²) in [5.41, 5.74) is 0.397. The second-order valence-corrected chi connectivity index (χ2v) is 4.11. The summed E-state index contributed by atoms with van der Waals surface area (Å²) in [6.07, 6.45) is 0. The van der Waals surface area contributed by atoms with E-state index in [9.17, 15) is 9.18 Å². The van der Waals surface area contributed by atoms with Crippen LogP contribution in [-0.2, 0) is 0 Å². The molecule has 0 aliphatic heterocycles. The Morgan fingerprint density at radius 1 is 1.15 bits per heavy atom. The maximum absolute atomic E-state index is 14.0. The van der Waals surface area contributed by atoms with E-state index in [-0.39, 0.29) is 17.1 Å². The van der Waals surface area contributed by atoms with Gasteiger partial charge in [-0.05, 0) is 43.3 Å². The van der Waals surface area contributed by atoms with Gasteiger partial charge in [-0.15, -0.1) is 0 Å². The average molecular weight is 274 g/mol. The Hall–Kier alpha value is -2.36. The first kappa shape index (κ1) is 14.1. The van der Waals surface area contributed by atoms with Gasteiger partial charge in [0, 0.05) is 5.56 Å². The summed E-state index contributed by atoms with van der Waals surface area (Å²) < 4.78 is 24.2. The molecule has 0 radical (unpaired) electrons. The number of rotatable bonds is 5. The van der Waals surface area contributed by atoms with E-state index >= 15 is 0 Å². The third-order valence-electron chi connectivity index (χ3n) is 2.86. The quantitative estimate of drug-likeness (QED) is 0.783. The summed E-state index contributed by atoms with van der Waals surface area (Å²) in [7, 11) is 1.36. The maximum Gasteiger partial charge on any atom is 0.196 e.